The summed E-state index contributed by atoms with van der Waals surface area (Å²) in [5.74, 6) is 0.0607. The number of nitrogens with one attached hydrogen (secondary N) is 1. The van der Waals surface area contributed by atoms with E-state index in [1.807, 2.05) is 6.92 Å². The first-order valence-corrected chi connectivity index (χ1v) is 18.8. The van der Waals surface area contributed by atoms with Gasteiger partial charge in [-0.2, -0.15) is 0 Å². The molecule has 3 aromatic heterocycles. The van der Waals surface area contributed by atoms with E-state index >= 15 is 4.39 Å². The first kappa shape index (κ1) is 35.9. The second-order valence-corrected chi connectivity index (χ2v) is 16.1. The van der Waals surface area contributed by atoms with Crippen molar-refractivity contribution in [3.8, 4) is 22.9 Å². The SMILES string of the molecule is Cc1nc(N(c2c(F)ccc3c(Oc4ncccc4-c4ccnc(N[C@@H]5C[C@@H](F)CN(C(=O)OC(C)(C)C)C5)n4)c(C)ccc23)S(C)(=O)=O)cs1. The van der Waals surface area contributed by atoms with Gasteiger partial charge in [-0.1, -0.05) is 12.1 Å². The summed E-state index contributed by atoms with van der Waals surface area (Å²) in [4.78, 5) is 31.8. The van der Waals surface area contributed by atoms with Crippen molar-refractivity contribution in [1.29, 1.82) is 0 Å². The van der Waals surface area contributed by atoms with Crippen LogP contribution in [-0.2, 0) is 14.8 Å². The van der Waals surface area contributed by atoms with E-state index in [1.165, 1.54) is 28.4 Å². The third kappa shape index (κ3) is 8.01. The highest BCUT2D eigenvalue weighted by atomic mass is 32.2. The highest BCUT2D eigenvalue weighted by molar-refractivity contribution is 7.92. The number of aromatic nitrogens is 4. The van der Waals surface area contributed by atoms with Crippen molar-refractivity contribution in [2.75, 3.05) is 29.0 Å². The third-order valence-corrected chi connectivity index (χ3v) is 9.70. The molecule has 1 amide bonds. The topological polar surface area (TPSA) is 140 Å². The van der Waals surface area contributed by atoms with Crippen LogP contribution in [0, 0.1) is 19.7 Å². The van der Waals surface area contributed by atoms with Crippen molar-refractivity contribution < 1.29 is 31.5 Å². The Morgan fingerprint density at radius 3 is 2.51 bits per heavy atom. The summed E-state index contributed by atoms with van der Waals surface area (Å²) in [6, 6.07) is 10.8. The Kier molecular flexibility index (Phi) is 9.83. The second kappa shape index (κ2) is 14.0. The summed E-state index contributed by atoms with van der Waals surface area (Å²) in [6.07, 6.45) is 2.38. The van der Waals surface area contributed by atoms with E-state index in [0.717, 1.165) is 10.6 Å². The Morgan fingerprint density at radius 1 is 1.04 bits per heavy atom. The van der Waals surface area contributed by atoms with Gasteiger partial charge in [0.05, 0.1) is 29.1 Å². The number of carbonyl (C=O) groups is 1. The molecule has 51 heavy (non-hydrogen) atoms. The fraction of sp³-hybridized carbons (Fsp3) is 0.343. The Labute approximate surface area is 298 Å². The van der Waals surface area contributed by atoms with Crippen molar-refractivity contribution in [3.05, 3.63) is 76.6 Å². The molecule has 0 spiro atoms. The van der Waals surface area contributed by atoms with Crippen LogP contribution in [0.3, 0.4) is 0 Å². The molecule has 12 nitrogen and oxygen atoms in total. The Morgan fingerprint density at radius 2 is 1.80 bits per heavy atom. The van der Waals surface area contributed by atoms with Crippen LogP contribution in [-0.4, -0.2) is 76.5 Å². The first-order chi connectivity index (χ1) is 24.1. The molecule has 0 aliphatic carbocycles. The number of piperidine rings is 1. The van der Waals surface area contributed by atoms with Crippen LogP contribution in [0.25, 0.3) is 22.0 Å². The first-order valence-electron chi connectivity index (χ1n) is 16.1. The van der Waals surface area contributed by atoms with Crippen LogP contribution in [0.1, 0.15) is 37.8 Å². The molecule has 0 unspecified atom stereocenters. The van der Waals surface area contributed by atoms with Crippen molar-refractivity contribution in [1.82, 2.24) is 24.8 Å². The fourth-order valence-corrected chi connectivity index (χ4v) is 7.42. The molecule has 4 heterocycles. The number of anilines is 3. The van der Waals surface area contributed by atoms with Gasteiger partial charge < -0.3 is 19.7 Å². The van der Waals surface area contributed by atoms with Gasteiger partial charge in [-0.25, -0.2) is 46.2 Å². The van der Waals surface area contributed by atoms with Gasteiger partial charge in [0.2, 0.25) is 21.9 Å². The maximum Gasteiger partial charge on any atom is 0.410 e. The maximum absolute atomic E-state index is 15.6. The molecular formula is C35H37F2N7O5S2. The van der Waals surface area contributed by atoms with Crippen molar-refractivity contribution in [3.63, 3.8) is 0 Å². The molecule has 0 bridgehead atoms. The monoisotopic (exact) mass is 737 g/mol. The molecule has 1 fully saturated rings. The van der Waals surface area contributed by atoms with Crippen LogP contribution in [0.15, 0.2) is 60.2 Å². The van der Waals surface area contributed by atoms with Gasteiger partial charge in [0.15, 0.2) is 5.82 Å². The van der Waals surface area contributed by atoms with Gasteiger partial charge in [0, 0.05) is 47.6 Å². The number of alkyl halides is 1. The predicted molar refractivity (Wildman–Crippen MR) is 193 cm³/mol. The van der Waals surface area contributed by atoms with E-state index in [1.54, 1.807) is 75.8 Å². The lowest BCUT2D eigenvalue weighted by Crippen LogP contribution is -2.51. The molecule has 0 saturated carbocycles. The van der Waals surface area contributed by atoms with Gasteiger partial charge in [-0.05, 0) is 70.5 Å². The lowest BCUT2D eigenvalue weighted by molar-refractivity contribution is 0.0124. The van der Waals surface area contributed by atoms with E-state index in [4.69, 9.17) is 9.47 Å². The van der Waals surface area contributed by atoms with E-state index < -0.39 is 39.7 Å². The number of amides is 1. The minimum absolute atomic E-state index is 0.0665. The molecule has 1 aliphatic rings. The highest BCUT2D eigenvalue weighted by Crippen LogP contribution is 2.43. The minimum atomic E-state index is -4.01. The van der Waals surface area contributed by atoms with Gasteiger partial charge in [-0.3, -0.25) is 0 Å². The number of sulfonamides is 1. The summed E-state index contributed by atoms with van der Waals surface area (Å²) in [5, 5.41) is 6.07. The number of fused-ring (bicyclic) bond motifs is 1. The number of hydrogen-bond donors (Lipinski definition) is 1. The number of hydrogen-bond acceptors (Lipinski definition) is 11. The number of pyridine rings is 1. The van der Waals surface area contributed by atoms with Crippen molar-refractivity contribution in [2.45, 2.75) is 58.9 Å². The molecule has 268 valence electrons. The van der Waals surface area contributed by atoms with E-state index in [0.29, 0.717) is 33.0 Å². The highest BCUT2D eigenvalue weighted by Gasteiger charge is 2.33. The lowest BCUT2D eigenvalue weighted by Gasteiger charge is -2.36. The normalized spacial score (nSPS) is 16.6. The van der Waals surface area contributed by atoms with Gasteiger partial charge in [0.1, 0.15) is 29.0 Å². The number of likely N-dealkylation sites (tertiary alicyclic amines) is 1. The third-order valence-electron chi connectivity index (χ3n) is 7.91. The molecule has 1 aliphatic heterocycles. The predicted octanol–water partition coefficient (Wildman–Crippen LogP) is 7.55. The molecule has 2 atom stereocenters. The van der Waals surface area contributed by atoms with Gasteiger partial charge in [-0.15, -0.1) is 11.3 Å². The number of halogens is 2. The summed E-state index contributed by atoms with van der Waals surface area (Å²) < 4.78 is 69.3. The number of ether oxygens (including phenoxy) is 2. The van der Waals surface area contributed by atoms with Crippen LogP contribution in [0.5, 0.6) is 11.6 Å². The molecule has 2 aromatic carbocycles. The fourth-order valence-electron chi connectivity index (χ4n) is 5.82. The number of benzene rings is 2. The van der Waals surface area contributed by atoms with Crippen molar-refractivity contribution >= 4 is 55.7 Å². The summed E-state index contributed by atoms with van der Waals surface area (Å²) >= 11 is 1.25. The molecule has 0 radical (unpaired) electrons. The summed E-state index contributed by atoms with van der Waals surface area (Å²) in [7, 11) is -4.01. The van der Waals surface area contributed by atoms with E-state index in [-0.39, 0.29) is 48.2 Å². The van der Waals surface area contributed by atoms with Crippen molar-refractivity contribution in [2.24, 2.45) is 0 Å². The van der Waals surface area contributed by atoms with E-state index in [9.17, 15) is 17.6 Å². The van der Waals surface area contributed by atoms with Crippen LogP contribution in [0.2, 0.25) is 0 Å². The molecule has 16 heteroatoms. The molecule has 5 aromatic rings. The zero-order valence-corrected chi connectivity index (χ0v) is 30.5. The van der Waals surface area contributed by atoms with E-state index in [2.05, 4.69) is 25.3 Å². The lowest BCUT2D eigenvalue weighted by atomic mass is 10.0. The molecule has 1 saturated heterocycles. The van der Waals surface area contributed by atoms with Gasteiger partial charge >= 0.3 is 6.09 Å². The van der Waals surface area contributed by atoms with Gasteiger partial charge in [0.25, 0.3) is 0 Å². The number of thiazole rings is 1. The number of carbonyl (C=O) groups excluding carboxylic acids is 1. The molecule has 1 N–H and O–H groups in total. The Balaban J connectivity index is 1.32. The minimum Gasteiger partial charge on any atom is -0.444 e. The largest absolute Gasteiger partial charge is 0.444 e. The number of nitrogens with zero attached hydrogens (tertiary/aromatic N) is 6. The number of rotatable bonds is 8. The maximum atomic E-state index is 15.6. The smallest absolute Gasteiger partial charge is 0.410 e. The number of aryl methyl sites for hydroxylation is 2. The Bertz CT molecular complexity index is 2210. The molecule has 6 rings (SSSR count). The van der Waals surface area contributed by atoms with Crippen LogP contribution >= 0.6 is 11.3 Å². The summed E-state index contributed by atoms with van der Waals surface area (Å²) in [6.45, 7) is 8.94. The zero-order chi connectivity index (χ0) is 36.7. The quantitative estimate of drug-likeness (QED) is 0.170. The zero-order valence-electron chi connectivity index (χ0n) is 28.8. The Hall–Kier alpha value is -4.96. The van der Waals surface area contributed by atoms with Crippen LogP contribution in [0.4, 0.5) is 31.0 Å². The average Bonchev–Trinajstić information content (AvgIpc) is 3.47. The molecular weight excluding hydrogens is 701 g/mol. The average molecular weight is 738 g/mol. The summed E-state index contributed by atoms with van der Waals surface area (Å²) in [5.41, 5.74) is 0.731. The standard InChI is InChI=1S/C35H37F2N7O5S2/c1-20-9-10-24-25(11-12-27(37)30(24)44(51(6,46)47)29-19-50-21(2)40-29)31(20)48-32-26(8-7-14-38-32)28-13-15-39-33(42-28)41-23-16-22(36)17-43(18-23)34(45)49-35(3,4)5/h7-15,19,22-23H,16-18H2,1-6H3,(H,39,41,42)/t22-,23-/m1/s1. The van der Waals surface area contributed by atoms with Crippen LogP contribution < -0.4 is 14.4 Å². The second-order valence-electron chi connectivity index (χ2n) is 13.2.